The first-order valence-electron chi connectivity index (χ1n) is 9.59. The molecular weight excluding hydrogens is 408 g/mol. The van der Waals surface area contributed by atoms with Crippen molar-refractivity contribution in [3.05, 3.63) is 57.1 Å². The molecule has 4 heterocycles. The van der Waals surface area contributed by atoms with Crippen molar-refractivity contribution < 1.29 is 4.74 Å². The Morgan fingerprint density at radius 3 is 2.71 bits per heavy atom. The summed E-state index contributed by atoms with van der Waals surface area (Å²) in [6.45, 7) is 7.99. The van der Waals surface area contributed by atoms with Crippen LogP contribution in [0.4, 0.5) is 0 Å². The number of nitrogens with zero attached hydrogens (tertiary/aromatic N) is 5. The average molecular weight is 429 g/mol. The molecular formula is C23H20N6OS. The molecule has 7 nitrogen and oxygen atoms in total. The molecule has 4 aromatic rings. The molecule has 0 aromatic carbocycles. The SMILES string of the molecule is COc1nccc2[nH]c(/C(C#N)=C/c3cc(C)n(-c4sc(C)c(C)c4C#N)c3C)nc12. The molecule has 0 atom stereocenters. The zero-order valence-corrected chi connectivity index (χ0v) is 18.7. The Bertz CT molecular complexity index is 1440. The van der Waals surface area contributed by atoms with Gasteiger partial charge in [0.05, 0.1) is 23.8 Å². The van der Waals surface area contributed by atoms with Gasteiger partial charge in [-0.25, -0.2) is 9.97 Å². The molecule has 1 N–H and O–H groups in total. The van der Waals surface area contributed by atoms with Gasteiger partial charge < -0.3 is 14.3 Å². The van der Waals surface area contributed by atoms with Crippen LogP contribution in [0.3, 0.4) is 0 Å². The van der Waals surface area contributed by atoms with Crippen molar-refractivity contribution in [1.29, 1.82) is 10.5 Å². The van der Waals surface area contributed by atoms with Crippen molar-refractivity contribution in [2.75, 3.05) is 7.11 Å². The monoisotopic (exact) mass is 428 g/mol. The van der Waals surface area contributed by atoms with Crippen LogP contribution < -0.4 is 4.74 Å². The third-order valence-corrected chi connectivity index (χ3v) is 6.58. The second kappa shape index (κ2) is 7.75. The van der Waals surface area contributed by atoms with E-state index in [2.05, 4.69) is 31.7 Å². The lowest BCUT2D eigenvalue weighted by atomic mass is 10.1. The van der Waals surface area contributed by atoms with Gasteiger partial charge in [-0.1, -0.05) is 0 Å². The van der Waals surface area contributed by atoms with Crippen LogP contribution in [-0.2, 0) is 0 Å². The van der Waals surface area contributed by atoms with Crippen LogP contribution >= 0.6 is 11.3 Å². The van der Waals surface area contributed by atoms with Crippen molar-refractivity contribution in [3.63, 3.8) is 0 Å². The number of nitriles is 2. The standard InChI is InChI=1S/C23H20N6OS/c1-12-8-16(14(3)29(12)23-18(11-25)13(2)15(4)31-23)9-17(10-24)21-27-19-6-7-26-22(30-5)20(19)28-21/h6-9H,1-5H3,(H,27,28)/b17-9+. The number of allylic oxidation sites excluding steroid dienone is 1. The number of nitrogens with one attached hydrogen (secondary N) is 1. The van der Waals surface area contributed by atoms with Crippen LogP contribution in [0.25, 0.3) is 27.7 Å². The number of pyridine rings is 1. The highest BCUT2D eigenvalue weighted by molar-refractivity contribution is 7.14. The summed E-state index contributed by atoms with van der Waals surface area (Å²) in [6, 6.07) is 8.39. The van der Waals surface area contributed by atoms with Crippen molar-refractivity contribution in [1.82, 2.24) is 19.5 Å². The molecule has 154 valence electrons. The lowest BCUT2D eigenvalue weighted by molar-refractivity contribution is 0.402. The minimum Gasteiger partial charge on any atom is -0.479 e. The Balaban J connectivity index is 1.84. The summed E-state index contributed by atoms with van der Waals surface area (Å²) in [6.07, 6.45) is 3.44. The lowest BCUT2D eigenvalue weighted by Crippen LogP contribution is -1.99. The fourth-order valence-corrected chi connectivity index (χ4v) is 4.86. The van der Waals surface area contributed by atoms with Gasteiger partial charge in [0.1, 0.15) is 23.0 Å². The molecule has 0 spiro atoms. The zero-order chi connectivity index (χ0) is 22.3. The highest BCUT2D eigenvalue weighted by Crippen LogP contribution is 2.34. The Hall–Kier alpha value is -3.88. The van der Waals surface area contributed by atoms with Gasteiger partial charge in [-0.2, -0.15) is 10.5 Å². The van der Waals surface area contributed by atoms with Gasteiger partial charge in [-0.05, 0) is 57.0 Å². The molecule has 8 heteroatoms. The molecule has 0 aliphatic rings. The summed E-state index contributed by atoms with van der Waals surface area (Å²) in [5.41, 5.74) is 6.27. The summed E-state index contributed by atoms with van der Waals surface area (Å²) in [4.78, 5) is 13.0. The molecule has 0 unspecified atom stereocenters. The van der Waals surface area contributed by atoms with Gasteiger partial charge in [0.25, 0.3) is 0 Å². The number of aryl methyl sites for hydroxylation is 2. The average Bonchev–Trinajstić information content (AvgIpc) is 3.39. The van der Waals surface area contributed by atoms with Crippen molar-refractivity contribution >= 4 is 34.0 Å². The number of methoxy groups -OCH3 is 1. The fraction of sp³-hybridized carbons (Fsp3) is 0.217. The molecule has 0 fully saturated rings. The lowest BCUT2D eigenvalue weighted by Gasteiger charge is -2.07. The number of ether oxygens (including phenoxy) is 1. The first-order valence-corrected chi connectivity index (χ1v) is 10.4. The Labute approximate surface area is 183 Å². The number of imidazole rings is 1. The van der Waals surface area contributed by atoms with E-state index in [1.165, 1.54) is 7.11 Å². The normalized spacial score (nSPS) is 11.5. The molecule has 0 amide bonds. The fourth-order valence-electron chi connectivity index (χ4n) is 3.64. The van der Waals surface area contributed by atoms with Crippen LogP contribution in [0.2, 0.25) is 0 Å². The van der Waals surface area contributed by atoms with Gasteiger partial charge in [0, 0.05) is 22.5 Å². The van der Waals surface area contributed by atoms with E-state index in [4.69, 9.17) is 4.74 Å². The quantitative estimate of drug-likeness (QED) is 0.461. The maximum absolute atomic E-state index is 9.83. The van der Waals surface area contributed by atoms with E-state index < -0.39 is 0 Å². The third kappa shape index (κ3) is 3.27. The molecule has 0 bridgehead atoms. The zero-order valence-electron chi connectivity index (χ0n) is 17.9. The van der Waals surface area contributed by atoms with Crippen molar-refractivity contribution in [2.45, 2.75) is 27.7 Å². The van der Waals surface area contributed by atoms with Gasteiger partial charge in [-0.15, -0.1) is 11.3 Å². The van der Waals surface area contributed by atoms with Gasteiger partial charge in [0.15, 0.2) is 5.52 Å². The van der Waals surface area contributed by atoms with Crippen LogP contribution in [-0.4, -0.2) is 26.6 Å². The van der Waals surface area contributed by atoms with E-state index in [1.807, 2.05) is 39.8 Å². The van der Waals surface area contributed by atoms with Gasteiger partial charge in [0.2, 0.25) is 5.88 Å². The number of rotatable bonds is 4. The molecule has 4 rings (SSSR count). The van der Waals surface area contributed by atoms with E-state index in [9.17, 15) is 10.5 Å². The third-order valence-electron chi connectivity index (χ3n) is 5.39. The minimum absolute atomic E-state index is 0.401. The largest absolute Gasteiger partial charge is 0.479 e. The predicted molar refractivity (Wildman–Crippen MR) is 121 cm³/mol. The second-order valence-electron chi connectivity index (χ2n) is 7.21. The molecule has 0 saturated carbocycles. The summed E-state index contributed by atoms with van der Waals surface area (Å²) in [7, 11) is 1.54. The van der Waals surface area contributed by atoms with Crippen LogP contribution in [0, 0.1) is 50.4 Å². The van der Waals surface area contributed by atoms with Crippen LogP contribution in [0.5, 0.6) is 5.88 Å². The first-order chi connectivity index (χ1) is 14.9. The van der Waals surface area contributed by atoms with E-state index in [0.717, 1.165) is 37.9 Å². The molecule has 0 aliphatic carbocycles. The summed E-state index contributed by atoms with van der Waals surface area (Å²) < 4.78 is 7.35. The van der Waals surface area contributed by atoms with Gasteiger partial charge >= 0.3 is 0 Å². The number of thiophene rings is 1. The summed E-state index contributed by atoms with van der Waals surface area (Å²) in [5, 5.41) is 20.4. The van der Waals surface area contributed by atoms with Gasteiger partial charge in [-0.3, -0.25) is 0 Å². The van der Waals surface area contributed by atoms with E-state index in [1.54, 1.807) is 23.6 Å². The molecule has 0 radical (unpaired) electrons. The maximum Gasteiger partial charge on any atom is 0.241 e. The topological polar surface area (TPSA) is 103 Å². The van der Waals surface area contributed by atoms with Crippen LogP contribution in [0.1, 0.15) is 38.8 Å². The Morgan fingerprint density at radius 2 is 2.03 bits per heavy atom. The summed E-state index contributed by atoms with van der Waals surface area (Å²) >= 11 is 1.60. The predicted octanol–water partition coefficient (Wildman–Crippen LogP) is 4.99. The van der Waals surface area contributed by atoms with E-state index in [0.29, 0.717) is 28.4 Å². The molecule has 4 aromatic heterocycles. The van der Waals surface area contributed by atoms with Crippen LogP contribution in [0.15, 0.2) is 18.3 Å². The Kier molecular flexibility index (Phi) is 5.10. The number of H-pyrrole nitrogens is 1. The highest BCUT2D eigenvalue weighted by Gasteiger charge is 2.19. The molecule has 0 aliphatic heterocycles. The smallest absolute Gasteiger partial charge is 0.241 e. The molecule has 0 saturated heterocycles. The van der Waals surface area contributed by atoms with Crippen molar-refractivity contribution in [2.24, 2.45) is 0 Å². The number of hydrogen-bond acceptors (Lipinski definition) is 6. The number of aromatic nitrogens is 4. The number of aromatic amines is 1. The molecule has 31 heavy (non-hydrogen) atoms. The summed E-state index contributed by atoms with van der Waals surface area (Å²) in [5.74, 6) is 0.858. The second-order valence-corrected chi connectivity index (χ2v) is 8.41. The minimum atomic E-state index is 0.401. The first kappa shape index (κ1) is 20.4. The van der Waals surface area contributed by atoms with E-state index in [-0.39, 0.29) is 0 Å². The Morgan fingerprint density at radius 1 is 1.26 bits per heavy atom. The van der Waals surface area contributed by atoms with E-state index >= 15 is 0 Å². The van der Waals surface area contributed by atoms with Crippen molar-refractivity contribution in [3.8, 4) is 23.0 Å². The number of hydrogen-bond donors (Lipinski definition) is 1. The number of fused-ring (bicyclic) bond motifs is 1. The maximum atomic E-state index is 9.83. The highest BCUT2D eigenvalue weighted by atomic mass is 32.1.